The number of imide groups is 1. The molecule has 3 rings (SSSR count). The molecule has 2 aromatic carbocycles. The summed E-state index contributed by atoms with van der Waals surface area (Å²) in [6, 6.07) is 13.9. The van der Waals surface area contributed by atoms with Crippen LogP contribution in [-0.2, 0) is 42.2 Å². The number of carbonyl (C=O) groups is 2. The van der Waals surface area contributed by atoms with Gasteiger partial charge in [0.15, 0.2) is 5.40 Å². The number of rotatable bonds is 13. The van der Waals surface area contributed by atoms with Crippen molar-refractivity contribution in [1.29, 1.82) is 0 Å². The number of ether oxygens (including phenoxy) is 1. The van der Waals surface area contributed by atoms with Crippen LogP contribution in [0.15, 0.2) is 53.0 Å². The lowest BCUT2D eigenvalue weighted by Gasteiger charge is -2.37. The van der Waals surface area contributed by atoms with Crippen molar-refractivity contribution in [3.8, 4) is 0 Å². The van der Waals surface area contributed by atoms with Gasteiger partial charge in [-0.05, 0) is 78.1 Å². The van der Waals surface area contributed by atoms with Gasteiger partial charge in [-0.2, -0.15) is 0 Å². The van der Waals surface area contributed by atoms with Crippen molar-refractivity contribution < 1.29 is 41.6 Å². The van der Waals surface area contributed by atoms with Crippen LogP contribution >= 0.6 is 31.1 Å². The van der Waals surface area contributed by atoms with E-state index in [4.69, 9.17) is 22.8 Å². The van der Waals surface area contributed by atoms with Crippen molar-refractivity contribution in [3.63, 3.8) is 0 Å². The zero-order chi connectivity index (χ0) is 31.3. The molecule has 0 saturated carbocycles. The van der Waals surface area contributed by atoms with E-state index in [9.17, 15) is 18.7 Å². The summed E-state index contributed by atoms with van der Waals surface area (Å²) in [6.45, 7) is 11.6. The topological polar surface area (TPSA) is 118 Å². The first-order valence-corrected chi connectivity index (χ1v) is 17.9. The number of nitrogens with zero attached hydrogens (tertiary/aromatic N) is 1. The van der Waals surface area contributed by atoms with Crippen molar-refractivity contribution in [1.82, 2.24) is 0 Å². The average molecular weight is 688 g/mol. The highest BCUT2D eigenvalue weighted by Gasteiger charge is 2.62. The summed E-state index contributed by atoms with van der Waals surface area (Å²) in [5, 5.41) is -1.52. The SMILES string of the molecule is CCOP(=O)(OCC)C(C[C@]1(c2ccccc2)C(=O)N(C(=O)OC(C)(C)C)c2cc(Br)ccc21)P(=O)(OCC)OCC. The third kappa shape index (κ3) is 6.94. The van der Waals surface area contributed by atoms with Gasteiger partial charge in [-0.1, -0.05) is 52.3 Å². The van der Waals surface area contributed by atoms with Crippen LogP contribution in [0.25, 0.3) is 0 Å². The summed E-state index contributed by atoms with van der Waals surface area (Å²) in [7, 11) is -8.52. The maximum Gasteiger partial charge on any atom is 0.421 e. The second kappa shape index (κ2) is 13.9. The zero-order valence-corrected chi connectivity index (χ0v) is 28.5. The lowest BCUT2D eigenvalue weighted by atomic mass is 9.73. The van der Waals surface area contributed by atoms with Crippen molar-refractivity contribution in [2.45, 2.75) is 71.3 Å². The van der Waals surface area contributed by atoms with E-state index in [1.807, 2.05) is 0 Å². The molecule has 13 heteroatoms. The second-order valence-corrected chi connectivity index (χ2v) is 16.3. The number of hydrogen-bond donors (Lipinski definition) is 0. The first kappa shape index (κ1) is 34.6. The molecule has 1 heterocycles. The molecule has 1 atom stereocenters. The van der Waals surface area contributed by atoms with Crippen molar-refractivity contribution in [2.24, 2.45) is 0 Å². The first-order valence-electron chi connectivity index (χ1n) is 13.9. The van der Waals surface area contributed by atoms with Crippen LogP contribution in [0.3, 0.4) is 0 Å². The molecule has 0 saturated heterocycles. The van der Waals surface area contributed by atoms with Gasteiger partial charge in [-0.3, -0.25) is 13.9 Å². The predicted octanol–water partition coefficient (Wildman–Crippen LogP) is 8.27. The Morgan fingerprint density at radius 1 is 0.881 bits per heavy atom. The number of carbonyl (C=O) groups excluding carboxylic acids is 2. The van der Waals surface area contributed by atoms with E-state index in [0.717, 1.165) is 4.90 Å². The first-order chi connectivity index (χ1) is 19.7. The molecule has 1 aliphatic heterocycles. The summed E-state index contributed by atoms with van der Waals surface area (Å²) < 4.78 is 58.3. The zero-order valence-electron chi connectivity index (χ0n) is 25.1. The Balaban J connectivity index is 2.41. The van der Waals surface area contributed by atoms with Crippen LogP contribution in [0.1, 0.15) is 66.0 Å². The van der Waals surface area contributed by atoms with E-state index in [2.05, 4.69) is 15.9 Å². The van der Waals surface area contributed by atoms with Gasteiger partial charge in [0.25, 0.3) is 5.91 Å². The summed E-state index contributed by atoms with van der Waals surface area (Å²) in [6.07, 6.45) is -1.25. The third-order valence-corrected chi connectivity index (χ3v) is 13.0. The molecule has 2 amide bonds. The van der Waals surface area contributed by atoms with Gasteiger partial charge in [0.05, 0.1) is 32.1 Å². The summed E-state index contributed by atoms with van der Waals surface area (Å²) in [4.78, 5) is 29.4. The molecule has 0 fully saturated rings. The number of benzene rings is 2. The largest absolute Gasteiger partial charge is 0.443 e. The fraction of sp³-hybridized carbons (Fsp3) is 0.517. The molecule has 232 valence electrons. The minimum absolute atomic E-state index is 0.0219. The van der Waals surface area contributed by atoms with Gasteiger partial charge in [0.2, 0.25) is 0 Å². The van der Waals surface area contributed by atoms with E-state index >= 15 is 0 Å². The quantitative estimate of drug-likeness (QED) is 0.192. The van der Waals surface area contributed by atoms with Crippen molar-refractivity contribution >= 4 is 48.8 Å². The number of hydrogen-bond acceptors (Lipinski definition) is 9. The Morgan fingerprint density at radius 3 is 1.83 bits per heavy atom. The van der Waals surface area contributed by atoms with Crippen LogP contribution < -0.4 is 4.90 Å². The maximum atomic E-state index is 14.8. The Hall–Kier alpha value is -1.84. The van der Waals surface area contributed by atoms with Crippen LogP contribution in [0.5, 0.6) is 0 Å². The van der Waals surface area contributed by atoms with Gasteiger partial charge >= 0.3 is 21.3 Å². The Bertz CT molecular complexity index is 1310. The Morgan fingerprint density at radius 2 is 1.38 bits per heavy atom. The molecule has 0 N–H and O–H groups in total. The van der Waals surface area contributed by atoms with Crippen LogP contribution in [0.2, 0.25) is 0 Å². The maximum absolute atomic E-state index is 14.8. The van der Waals surface area contributed by atoms with Crippen molar-refractivity contribution in [3.05, 3.63) is 64.1 Å². The molecule has 0 spiro atoms. The summed E-state index contributed by atoms with van der Waals surface area (Å²) in [5.74, 6) is -0.667. The normalized spacial score (nSPS) is 17.5. The minimum Gasteiger partial charge on any atom is -0.443 e. The third-order valence-electron chi connectivity index (χ3n) is 6.53. The molecule has 2 aromatic rings. The highest BCUT2D eigenvalue weighted by molar-refractivity contribution is 9.10. The Kier molecular flexibility index (Phi) is 11.4. The standard InChI is InChI=1S/C29H40BrNO9P2/c1-8-36-41(34,37-9-2)25(42(35,38-10-3)39-11-4)20-29(21-15-13-12-14-16-21)23-18-17-22(30)19-24(23)31(26(29)32)27(33)40-28(5,6)7/h12-19,25H,8-11,20H2,1-7H3/t29-/m1/s1. The van der Waals surface area contributed by atoms with E-state index in [0.29, 0.717) is 15.6 Å². The average Bonchev–Trinajstić information content (AvgIpc) is 3.14. The minimum atomic E-state index is -4.26. The van der Waals surface area contributed by atoms with Gasteiger partial charge < -0.3 is 22.8 Å². The fourth-order valence-corrected chi connectivity index (χ4v) is 10.9. The van der Waals surface area contributed by atoms with E-state index < -0.39 is 43.6 Å². The molecule has 0 aromatic heterocycles. The van der Waals surface area contributed by atoms with E-state index in [-0.39, 0.29) is 38.5 Å². The molecular weight excluding hydrogens is 648 g/mol. The lowest BCUT2D eigenvalue weighted by Crippen LogP contribution is -2.47. The number of halogens is 1. The van der Waals surface area contributed by atoms with Gasteiger partial charge in [-0.25, -0.2) is 9.69 Å². The molecule has 0 unspecified atom stereocenters. The van der Waals surface area contributed by atoms with Gasteiger partial charge in [-0.15, -0.1) is 0 Å². The monoisotopic (exact) mass is 687 g/mol. The van der Waals surface area contributed by atoms with Crippen LogP contribution in [0, 0.1) is 0 Å². The molecule has 0 aliphatic carbocycles. The van der Waals surface area contributed by atoms with Crippen molar-refractivity contribution in [2.75, 3.05) is 31.3 Å². The molecular formula is C29H40BrNO9P2. The molecule has 42 heavy (non-hydrogen) atoms. The smallest absolute Gasteiger partial charge is 0.421 e. The van der Waals surface area contributed by atoms with Gasteiger partial charge in [0.1, 0.15) is 11.0 Å². The number of anilines is 1. The van der Waals surface area contributed by atoms with Crippen LogP contribution in [0.4, 0.5) is 10.5 Å². The summed E-state index contributed by atoms with van der Waals surface area (Å²) >= 11 is 3.45. The number of fused-ring (bicyclic) bond motifs is 1. The molecule has 1 aliphatic rings. The van der Waals surface area contributed by atoms with E-state index in [1.165, 1.54) is 0 Å². The lowest BCUT2D eigenvalue weighted by molar-refractivity contribution is -0.121. The van der Waals surface area contributed by atoms with Crippen LogP contribution in [-0.4, -0.2) is 49.4 Å². The predicted molar refractivity (Wildman–Crippen MR) is 165 cm³/mol. The Labute approximate surface area is 256 Å². The summed E-state index contributed by atoms with van der Waals surface area (Å²) in [5.41, 5.74) is -1.39. The number of amides is 2. The highest BCUT2D eigenvalue weighted by atomic mass is 79.9. The molecule has 10 nitrogen and oxygen atoms in total. The van der Waals surface area contributed by atoms with Gasteiger partial charge in [0, 0.05) is 4.47 Å². The molecule has 0 radical (unpaired) electrons. The molecule has 0 bridgehead atoms. The second-order valence-electron chi connectivity index (χ2n) is 10.5. The van der Waals surface area contributed by atoms with E-state index in [1.54, 1.807) is 97.0 Å². The highest BCUT2D eigenvalue weighted by Crippen LogP contribution is 2.73. The fourth-order valence-electron chi connectivity index (χ4n) is 5.08.